The molecule has 4 unspecified atom stereocenters. The predicted molar refractivity (Wildman–Crippen MR) is 212 cm³/mol. The number of ether oxygens (including phenoxy) is 8. The Balaban J connectivity index is 0.000000211. The van der Waals surface area contributed by atoms with E-state index in [1.54, 1.807) is 0 Å². The summed E-state index contributed by atoms with van der Waals surface area (Å²) in [6, 6.07) is 22.7. The average molecular weight is 759 g/mol. The van der Waals surface area contributed by atoms with Crippen LogP contribution in [-0.2, 0) is 28.5 Å². The van der Waals surface area contributed by atoms with Gasteiger partial charge in [-0.2, -0.15) is 0 Å². The molecule has 4 aromatic carbocycles. The summed E-state index contributed by atoms with van der Waals surface area (Å²) in [7, 11) is 0. The van der Waals surface area contributed by atoms with Crippen LogP contribution in [0, 0.1) is 10.8 Å². The van der Waals surface area contributed by atoms with Crippen LogP contribution in [0.4, 0.5) is 0 Å². The van der Waals surface area contributed by atoms with Gasteiger partial charge in [-0.1, -0.05) is 62.4 Å². The first-order valence-corrected chi connectivity index (χ1v) is 19.7. The fourth-order valence-electron chi connectivity index (χ4n) is 5.97. The number of fused-ring (bicyclic) bond motifs is 2. The van der Waals surface area contributed by atoms with E-state index < -0.39 is 23.4 Å². The van der Waals surface area contributed by atoms with Gasteiger partial charge in [0.25, 0.3) is 0 Å². The largest absolute Gasteiger partial charge is 0.465 e. The molecule has 0 saturated carbocycles. The van der Waals surface area contributed by atoms with Crippen LogP contribution in [-0.4, -0.2) is 50.3 Å². The Morgan fingerprint density at radius 2 is 0.945 bits per heavy atom. The smallest absolute Gasteiger partial charge is 0.316 e. The number of hydrogen-bond donors (Lipinski definition) is 0. The molecule has 4 atom stereocenters. The molecule has 10 nitrogen and oxygen atoms in total. The molecule has 0 aromatic heterocycles. The van der Waals surface area contributed by atoms with Crippen LogP contribution in [0.15, 0.2) is 72.8 Å². The molecular formula is C45H58O10. The van der Waals surface area contributed by atoms with Crippen molar-refractivity contribution in [1.82, 2.24) is 0 Å². The van der Waals surface area contributed by atoms with Gasteiger partial charge in [-0.05, 0) is 104 Å². The minimum Gasteiger partial charge on any atom is -0.465 e. The molecule has 0 radical (unpaired) electrons. The Hall–Kier alpha value is -4.22. The quantitative estimate of drug-likeness (QED) is 0.0700. The van der Waals surface area contributed by atoms with Crippen molar-refractivity contribution in [3.8, 4) is 23.0 Å². The van der Waals surface area contributed by atoms with Crippen LogP contribution >= 0.6 is 0 Å². The summed E-state index contributed by atoms with van der Waals surface area (Å²) in [6.07, 6.45) is 5.08. The lowest BCUT2D eigenvalue weighted by atomic mass is 9.90. The zero-order valence-corrected chi connectivity index (χ0v) is 33.7. The van der Waals surface area contributed by atoms with E-state index in [2.05, 4.69) is 0 Å². The predicted octanol–water partition coefficient (Wildman–Crippen LogP) is 10.5. The molecule has 2 aliphatic rings. The van der Waals surface area contributed by atoms with E-state index in [0.29, 0.717) is 35.8 Å². The zero-order valence-electron chi connectivity index (χ0n) is 33.7. The van der Waals surface area contributed by atoms with Gasteiger partial charge in [0, 0.05) is 41.2 Å². The maximum atomic E-state index is 12.5. The van der Waals surface area contributed by atoms with Gasteiger partial charge in [0.1, 0.15) is 23.0 Å². The van der Waals surface area contributed by atoms with E-state index in [0.717, 1.165) is 66.9 Å². The molecule has 0 aliphatic carbocycles. The first kappa shape index (κ1) is 41.9. The van der Waals surface area contributed by atoms with Gasteiger partial charge in [-0.25, -0.2) is 0 Å². The van der Waals surface area contributed by atoms with Gasteiger partial charge < -0.3 is 37.9 Å². The summed E-state index contributed by atoms with van der Waals surface area (Å²) in [5, 5.41) is 3.42. The van der Waals surface area contributed by atoms with E-state index in [-0.39, 0.29) is 24.5 Å². The van der Waals surface area contributed by atoms with Crippen LogP contribution in [0.25, 0.3) is 21.5 Å². The molecule has 6 rings (SSSR count). The third-order valence-electron chi connectivity index (χ3n) is 10.3. The summed E-state index contributed by atoms with van der Waals surface area (Å²) in [6.45, 7) is 16.7. The van der Waals surface area contributed by atoms with Crippen molar-refractivity contribution in [1.29, 1.82) is 0 Å². The van der Waals surface area contributed by atoms with E-state index in [4.69, 9.17) is 37.9 Å². The van der Waals surface area contributed by atoms with Crippen molar-refractivity contribution >= 4 is 33.5 Å². The molecule has 2 saturated heterocycles. The molecule has 0 amide bonds. The van der Waals surface area contributed by atoms with E-state index >= 15 is 0 Å². The molecular weight excluding hydrogens is 700 g/mol. The first-order chi connectivity index (χ1) is 26.3. The van der Waals surface area contributed by atoms with Crippen molar-refractivity contribution in [2.45, 2.75) is 125 Å². The molecule has 2 heterocycles. The molecule has 55 heavy (non-hydrogen) atoms. The van der Waals surface area contributed by atoms with Gasteiger partial charge in [0.05, 0.1) is 10.8 Å². The molecule has 298 valence electrons. The van der Waals surface area contributed by atoms with Crippen molar-refractivity contribution in [3.05, 3.63) is 72.8 Å². The van der Waals surface area contributed by atoms with Crippen LogP contribution in [0.2, 0.25) is 0 Å². The third kappa shape index (κ3) is 11.2. The Kier molecular flexibility index (Phi) is 14.6. The van der Waals surface area contributed by atoms with Crippen LogP contribution in [0.3, 0.4) is 0 Å². The van der Waals surface area contributed by atoms with Crippen molar-refractivity contribution in [2.24, 2.45) is 10.8 Å². The second-order valence-electron chi connectivity index (χ2n) is 15.4. The highest BCUT2D eigenvalue weighted by Crippen LogP contribution is 2.36. The highest BCUT2D eigenvalue weighted by molar-refractivity contribution is 5.96. The highest BCUT2D eigenvalue weighted by Gasteiger charge is 2.29. The number of carbonyl (C=O) groups is 2. The Labute approximate surface area is 325 Å². The van der Waals surface area contributed by atoms with Gasteiger partial charge in [-0.15, -0.1) is 0 Å². The summed E-state index contributed by atoms with van der Waals surface area (Å²) in [5.74, 6) is 1.98. The number of benzene rings is 4. The topological polar surface area (TPSA) is 108 Å². The molecule has 2 aliphatic heterocycles. The zero-order chi connectivity index (χ0) is 39.6. The molecule has 4 aromatic rings. The molecule has 0 bridgehead atoms. The Morgan fingerprint density at radius 1 is 0.582 bits per heavy atom. The monoisotopic (exact) mass is 758 g/mol. The minimum atomic E-state index is -0.529. The second kappa shape index (κ2) is 19.1. The number of hydrogen-bond acceptors (Lipinski definition) is 10. The van der Waals surface area contributed by atoms with Crippen LogP contribution in [0.1, 0.15) is 100 Å². The van der Waals surface area contributed by atoms with E-state index in [9.17, 15) is 9.59 Å². The fourth-order valence-corrected chi connectivity index (χ4v) is 5.97. The van der Waals surface area contributed by atoms with Crippen LogP contribution < -0.4 is 18.9 Å². The summed E-state index contributed by atoms with van der Waals surface area (Å²) in [4.78, 5) is 25.0. The summed E-state index contributed by atoms with van der Waals surface area (Å²) in [5.41, 5.74) is -1.06. The molecule has 0 N–H and O–H groups in total. The first-order valence-electron chi connectivity index (χ1n) is 19.7. The van der Waals surface area contributed by atoms with Gasteiger partial charge in [0.15, 0.2) is 25.2 Å². The minimum absolute atomic E-state index is 0.206. The van der Waals surface area contributed by atoms with Crippen molar-refractivity contribution in [3.63, 3.8) is 0 Å². The Bertz CT molecular complexity index is 1870. The fraction of sp³-hybridized carbons (Fsp3) is 0.511. The van der Waals surface area contributed by atoms with Gasteiger partial charge in [0.2, 0.25) is 0 Å². The SMILES string of the molecule is CCC(C)(C)C(=O)Oc1cccc2c(OC(C)OC3CCCCO3)cccc12.CCC(C)(C)C(=O)Oc1cccc2c(OC(C)OC3CCCO3)cccc12. The Morgan fingerprint density at radius 3 is 1.29 bits per heavy atom. The lowest BCUT2D eigenvalue weighted by molar-refractivity contribution is -0.225. The van der Waals surface area contributed by atoms with Crippen molar-refractivity contribution < 1.29 is 47.5 Å². The van der Waals surface area contributed by atoms with Crippen LogP contribution in [0.5, 0.6) is 23.0 Å². The summed E-state index contributed by atoms with van der Waals surface area (Å²) < 4.78 is 46.2. The standard InChI is InChI=1S/C23H30O5.C22H28O5/c1-5-23(3,4)22(24)28-20-13-9-10-17-18(20)11-8-12-19(17)26-16(2)27-21-14-6-7-15-25-21;1-5-22(3,4)21(23)27-19-12-7-9-16-17(19)10-6-11-18(16)25-15(2)26-20-13-8-14-24-20/h8-13,16,21H,5-7,14-15H2,1-4H3;6-7,9-12,15,20H,5,8,13-14H2,1-4H3. The third-order valence-corrected chi connectivity index (χ3v) is 10.3. The molecule has 10 heteroatoms. The summed E-state index contributed by atoms with van der Waals surface area (Å²) >= 11 is 0. The number of carbonyl (C=O) groups excluding carboxylic acids is 2. The van der Waals surface area contributed by atoms with Gasteiger partial charge >= 0.3 is 11.9 Å². The lowest BCUT2D eigenvalue weighted by Crippen LogP contribution is -2.29. The maximum Gasteiger partial charge on any atom is 0.316 e. The molecule has 0 spiro atoms. The lowest BCUT2D eigenvalue weighted by Gasteiger charge is -2.26. The second-order valence-corrected chi connectivity index (χ2v) is 15.4. The van der Waals surface area contributed by atoms with E-state index in [1.807, 2.05) is 128 Å². The molecule has 2 fully saturated rings. The van der Waals surface area contributed by atoms with E-state index in [1.165, 1.54) is 0 Å². The van der Waals surface area contributed by atoms with Gasteiger partial charge in [-0.3, -0.25) is 9.59 Å². The highest BCUT2D eigenvalue weighted by atomic mass is 16.8. The average Bonchev–Trinajstić information content (AvgIpc) is 3.69. The number of rotatable bonds is 14. The number of esters is 2. The maximum absolute atomic E-state index is 12.5. The normalized spacial score (nSPS) is 18.5. The van der Waals surface area contributed by atoms with Crippen molar-refractivity contribution in [2.75, 3.05) is 13.2 Å².